The topological polar surface area (TPSA) is 78.9 Å². The van der Waals surface area contributed by atoms with E-state index in [4.69, 9.17) is 14.2 Å². The Morgan fingerprint density at radius 3 is 0.805 bits per heavy atom. The van der Waals surface area contributed by atoms with Crippen LogP contribution in [0.15, 0.2) is 109 Å². The van der Waals surface area contributed by atoms with Gasteiger partial charge in [-0.2, -0.15) is 0 Å². The van der Waals surface area contributed by atoms with Gasteiger partial charge in [0.1, 0.15) is 13.2 Å². The van der Waals surface area contributed by atoms with E-state index in [1.54, 1.807) is 0 Å². The first kappa shape index (κ1) is 73.1. The fourth-order valence-corrected chi connectivity index (χ4v) is 8.99. The van der Waals surface area contributed by atoms with E-state index < -0.39 is 6.10 Å². The lowest BCUT2D eigenvalue weighted by molar-refractivity contribution is -0.167. The van der Waals surface area contributed by atoms with Gasteiger partial charge in [-0.1, -0.05) is 291 Å². The molecule has 0 spiro atoms. The first-order valence-corrected chi connectivity index (χ1v) is 32.4. The van der Waals surface area contributed by atoms with Gasteiger partial charge in [0.05, 0.1) is 0 Å². The van der Waals surface area contributed by atoms with E-state index >= 15 is 0 Å². The van der Waals surface area contributed by atoms with Gasteiger partial charge in [-0.25, -0.2) is 0 Å². The summed E-state index contributed by atoms with van der Waals surface area (Å²) < 4.78 is 16.9. The van der Waals surface area contributed by atoms with E-state index in [-0.39, 0.29) is 31.1 Å². The molecule has 0 aliphatic heterocycles. The molecule has 0 aliphatic carbocycles. The Bertz CT molecular complexity index is 1560. The third-order valence-corrected chi connectivity index (χ3v) is 13.8. The van der Waals surface area contributed by atoms with Gasteiger partial charge in [0.25, 0.3) is 0 Å². The molecule has 0 N–H and O–H groups in total. The Morgan fingerprint density at radius 2 is 0.506 bits per heavy atom. The lowest BCUT2D eigenvalue weighted by Crippen LogP contribution is -2.30. The van der Waals surface area contributed by atoms with Crippen LogP contribution in [0.2, 0.25) is 0 Å². The number of allylic oxidation sites excluding steroid dienone is 18. The Labute approximate surface area is 476 Å². The summed E-state index contributed by atoms with van der Waals surface area (Å²) in [5.74, 6) is -0.928. The van der Waals surface area contributed by atoms with Crippen LogP contribution in [-0.2, 0) is 28.6 Å². The molecule has 0 aromatic rings. The van der Waals surface area contributed by atoms with Crippen LogP contribution in [0.1, 0.15) is 303 Å². The van der Waals surface area contributed by atoms with Gasteiger partial charge >= 0.3 is 17.9 Å². The molecular weight excluding hydrogens is 949 g/mol. The van der Waals surface area contributed by atoms with Gasteiger partial charge in [-0.15, -0.1) is 0 Å². The van der Waals surface area contributed by atoms with Crippen LogP contribution >= 0.6 is 0 Å². The van der Waals surface area contributed by atoms with Gasteiger partial charge in [0.15, 0.2) is 6.10 Å². The van der Waals surface area contributed by atoms with Crippen molar-refractivity contribution in [2.45, 2.75) is 309 Å². The maximum atomic E-state index is 12.9. The molecule has 1 unspecified atom stereocenters. The van der Waals surface area contributed by atoms with Crippen LogP contribution in [0.3, 0.4) is 0 Å². The highest BCUT2D eigenvalue weighted by Crippen LogP contribution is 2.17. The van der Waals surface area contributed by atoms with Crippen LogP contribution < -0.4 is 0 Å². The average Bonchev–Trinajstić information content (AvgIpc) is 3.43. The van der Waals surface area contributed by atoms with E-state index in [0.717, 1.165) is 135 Å². The van der Waals surface area contributed by atoms with Crippen LogP contribution in [0.5, 0.6) is 0 Å². The molecule has 0 amide bonds. The molecule has 77 heavy (non-hydrogen) atoms. The molecule has 0 aromatic heterocycles. The molecule has 0 aromatic carbocycles. The molecule has 0 fully saturated rings. The fourth-order valence-electron chi connectivity index (χ4n) is 8.99. The highest BCUT2D eigenvalue weighted by molar-refractivity contribution is 5.71. The molecule has 6 nitrogen and oxygen atoms in total. The number of hydrogen-bond acceptors (Lipinski definition) is 6. The first-order chi connectivity index (χ1) is 38.0. The SMILES string of the molecule is CC/C=C\C/C=C\C/C=C\C/C=C\C/C=C\C/C=C\CCCCCCCCC(=O)OCC(COC(=O)CCCCC/C=C\C/C=C\C/C=C\CC)OC(=O)CCCCCCCCCCCCCCCCCCCCCCC. The number of carbonyl (C=O) groups is 3. The van der Waals surface area contributed by atoms with E-state index in [1.165, 1.54) is 128 Å². The van der Waals surface area contributed by atoms with Crippen molar-refractivity contribution in [2.75, 3.05) is 13.2 Å². The Balaban J connectivity index is 4.37. The molecule has 440 valence electrons. The van der Waals surface area contributed by atoms with Crippen molar-refractivity contribution >= 4 is 17.9 Å². The van der Waals surface area contributed by atoms with Gasteiger partial charge in [0, 0.05) is 19.3 Å². The molecular formula is C71H120O6. The van der Waals surface area contributed by atoms with Crippen molar-refractivity contribution in [3.05, 3.63) is 109 Å². The number of carbonyl (C=O) groups excluding carboxylic acids is 3. The van der Waals surface area contributed by atoms with Crippen LogP contribution in [0, 0.1) is 0 Å². The van der Waals surface area contributed by atoms with E-state index in [1.807, 2.05) is 0 Å². The van der Waals surface area contributed by atoms with Crippen molar-refractivity contribution in [3.63, 3.8) is 0 Å². The van der Waals surface area contributed by atoms with Crippen molar-refractivity contribution in [3.8, 4) is 0 Å². The minimum atomic E-state index is -0.798. The molecule has 0 aliphatic rings. The second kappa shape index (κ2) is 64.6. The minimum Gasteiger partial charge on any atom is -0.462 e. The predicted molar refractivity (Wildman–Crippen MR) is 334 cm³/mol. The summed E-state index contributed by atoms with van der Waals surface area (Å²) in [7, 11) is 0. The van der Waals surface area contributed by atoms with Crippen molar-refractivity contribution in [1.29, 1.82) is 0 Å². The summed E-state index contributed by atoms with van der Waals surface area (Å²) in [5.41, 5.74) is 0. The highest BCUT2D eigenvalue weighted by atomic mass is 16.6. The zero-order valence-electron chi connectivity index (χ0n) is 50.4. The van der Waals surface area contributed by atoms with E-state index in [9.17, 15) is 14.4 Å². The van der Waals surface area contributed by atoms with Crippen LogP contribution in [-0.4, -0.2) is 37.2 Å². The Hall–Kier alpha value is -3.93. The van der Waals surface area contributed by atoms with Crippen molar-refractivity contribution in [2.24, 2.45) is 0 Å². The number of ether oxygens (including phenoxy) is 3. The maximum absolute atomic E-state index is 12.9. The summed E-state index contributed by atoms with van der Waals surface area (Å²) in [6.07, 6.45) is 88.2. The second-order valence-corrected chi connectivity index (χ2v) is 21.3. The smallest absolute Gasteiger partial charge is 0.306 e. The quantitative estimate of drug-likeness (QED) is 0.0261. The monoisotopic (exact) mass is 1070 g/mol. The van der Waals surface area contributed by atoms with Crippen LogP contribution in [0.25, 0.3) is 0 Å². The highest BCUT2D eigenvalue weighted by Gasteiger charge is 2.19. The molecule has 0 heterocycles. The molecule has 0 bridgehead atoms. The number of hydrogen-bond donors (Lipinski definition) is 0. The minimum absolute atomic E-state index is 0.0945. The van der Waals surface area contributed by atoms with Gasteiger partial charge in [-0.3, -0.25) is 14.4 Å². The second-order valence-electron chi connectivity index (χ2n) is 21.3. The van der Waals surface area contributed by atoms with Crippen molar-refractivity contribution < 1.29 is 28.6 Å². The predicted octanol–water partition coefficient (Wildman–Crippen LogP) is 22.2. The lowest BCUT2D eigenvalue weighted by atomic mass is 10.0. The molecule has 0 rings (SSSR count). The third kappa shape index (κ3) is 62.8. The standard InChI is InChI=1S/C71H120O6/c1-4-7-10-13-16-19-22-25-27-29-31-33-34-35-36-38-39-41-43-46-49-52-55-58-61-64-70(73)76-67-68(66-75-69(72)63-60-57-54-51-48-45-24-21-18-15-12-9-6-3)77-71(74)65-62-59-56-53-50-47-44-42-40-37-32-30-28-26-23-20-17-14-11-8-5-2/h7,9-10,12,16,18-19,21,25,27,31,33,35-36,39,41,45,48,68H,4-6,8,11,13-15,17,20,22-24,26,28-30,32,34,37-38,40,42-44,46-47,49-67H2,1-3H3/b10-7-,12-9-,19-16-,21-18-,27-25-,33-31-,36-35-,41-39-,48-45-. The average molecular weight is 1070 g/mol. The molecule has 6 heteroatoms. The van der Waals surface area contributed by atoms with Crippen molar-refractivity contribution in [1.82, 2.24) is 0 Å². The third-order valence-electron chi connectivity index (χ3n) is 13.8. The molecule has 0 saturated carbocycles. The summed E-state index contributed by atoms with van der Waals surface area (Å²) in [6.45, 7) is 6.40. The largest absolute Gasteiger partial charge is 0.462 e. The molecule has 1 atom stereocenters. The summed E-state index contributed by atoms with van der Waals surface area (Å²) in [5, 5.41) is 0. The van der Waals surface area contributed by atoms with Gasteiger partial charge < -0.3 is 14.2 Å². The summed E-state index contributed by atoms with van der Waals surface area (Å²) in [6, 6.07) is 0. The number of rotatable bonds is 58. The lowest BCUT2D eigenvalue weighted by Gasteiger charge is -2.18. The summed E-state index contributed by atoms with van der Waals surface area (Å²) >= 11 is 0. The molecule has 0 radical (unpaired) electrons. The number of unbranched alkanes of at least 4 members (excludes halogenated alkanes) is 29. The molecule has 0 saturated heterocycles. The Morgan fingerprint density at radius 1 is 0.273 bits per heavy atom. The normalized spacial score (nSPS) is 12.8. The first-order valence-electron chi connectivity index (χ1n) is 32.4. The van der Waals surface area contributed by atoms with Crippen LogP contribution in [0.4, 0.5) is 0 Å². The zero-order valence-corrected chi connectivity index (χ0v) is 50.4. The zero-order chi connectivity index (χ0) is 55.7. The summed E-state index contributed by atoms with van der Waals surface area (Å²) in [4.78, 5) is 38.3. The number of esters is 3. The van der Waals surface area contributed by atoms with E-state index in [2.05, 4.69) is 130 Å². The van der Waals surface area contributed by atoms with Gasteiger partial charge in [-0.05, 0) is 103 Å². The fraction of sp³-hybridized carbons (Fsp3) is 0.704. The van der Waals surface area contributed by atoms with E-state index in [0.29, 0.717) is 19.3 Å². The Kier molecular flexibility index (Phi) is 61.3. The maximum Gasteiger partial charge on any atom is 0.306 e. The van der Waals surface area contributed by atoms with Gasteiger partial charge in [0.2, 0.25) is 0 Å².